The largest absolute Gasteiger partial charge is 0.463 e. The van der Waals surface area contributed by atoms with Gasteiger partial charge in [-0.3, -0.25) is 4.90 Å². The van der Waals surface area contributed by atoms with Crippen molar-refractivity contribution < 1.29 is 13.9 Å². The van der Waals surface area contributed by atoms with Crippen molar-refractivity contribution in [3.8, 4) is 0 Å². The highest BCUT2D eigenvalue weighted by Gasteiger charge is 2.22. The molecule has 96 valence electrons. The minimum Gasteiger partial charge on any atom is -0.463 e. The van der Waals surface area contributed by atoms with Crippen LogP contribution in [0.2, 0.25) is 0 Å². The second-order valence-corrected chi connectivity index (χ2v) is 3.98. The third-order valence-corrected chi connectivity index (χ3v) is 2.84. The third kappa shape index (κ3) is 3.21. The number of halogens is 1. The van der Waals surface area contributed by atoms with Crippen molar-refractivity contribution in [2.75, 3.05) is 27.2 Å². The number of likely N-dealkylation sites (N-methyl/N-ethyl adjacent to an activating group) is 1. The fraction of sp³-hybridized carbons (Fsp3) is 0.545. The zero-order chi connectivity index (χ0) is 11.5. The lowest BCUT2D eigenvalue weighted by molar-refractivity contribution is 0.0560. The van der Waals surface area contributed by atoms with Gasteiger partial charge >= 0.3 is 5.97 Å². The second kappa shape index (κ2) is 6.05. The molecule has 2 heterocycles. The Kier molecular flexibility index (Phi) is 4.99. The van der Waals surface area contributed by atoms with E-state index in [1.807, 2.05) is 13.1 Å². The number of nitrogens with one attached hydrogen (secondary N) is 1. The normalized spacial score (nSPS) is 15.2. The Hall–Kier alpha value is -1.04. The zero-order valence-corrected chi connectivity index (χ0v) is 10.8. The van der Waals surface area contributed by atoms with Gasteiger partial charge in [0.15, 0.2) is 0 Å². The first kappa shape index (κ1) is 14.0. The van der Waals surface area contributed by atoms with Crippen LogP contribution in [0.5, 0.6) is 0 Å². The topological polar surface area (TPSA) is 54.7 Å². The van der Waals surface area contributed by atoms with Gasteiger partial charge in [-0.25, -0.2) is 4.79 Å². The maximum atomic E-state index is 11.2. The van der Waals surface area contributed by atoms with E-state index in [0.29, 0.717) is 12.6 Å². The monoisotopic (exact) mass is 260 g/mol. The maximum absolute atomic E-state index is 11.2. The molecule has 2 rings (SSSR count). The van der Waals surface area contributed by atoms with Crippen LogP contribution in [0.1, 0.15) is 16.3 Å². The number of esters is 1. The van der Waals surface area contributed by atoms with Crippen molar-refractivity contribution in [3.05, 3.63) is 23.7 Å². The summed E-state index contributed by atoms with van der Waals surface area (Å²) in [5, 5.41) is 3.21. The summed E-state index contributed by atoms with van der Waals surface area (Å²) in [6.45, 7) is 2.74. The van der Waals surface area contributed by atoms with Gasteiger partial charge in [0.05, 0.1) is 13.7 Å². The first-order valence-corrected chi connectivity index (χ1v) is 5.28. The molecule has 1 N–H and O–H groups in total. The van der Waals surface area contributed by atoms with Gasteiger partial charge in [-0.1, -0.05) is 0 Å². The lowest BCUT2D eigenvalue weighted by atomic mass is 10.1. The number of hydrogen-bond acceptors (Lipinski definition) is 5. The molecule has 0 aliphatic carbocycles. The first-order valence-electron chi connectivity index (χ1n) is 5.28. The molecule has 1 aliphatic rings. The van der Waals surface area contributed by atoms with E-state index in [1.165, 1.54) is 7.11 Å². The van der Waals surface area contributed by atoms with Crippen LogP contribution in [-0.4, -0.2) is 44.2 Å². The average molecular weight is 261 g/mol. The lowest BCUT2D eigenvalue weighted by Gasteiger charge is -2.35. The van der Waals surface area contributed by atoms with Crippen molar-refractivity contribution in [1.82, 2.24) is 10.2 Å². The molecule has 6 heteroatoms. The van der Waals surface area contributed by atoms with Crippen molar-refractivity contribution in [2.24, 2.45) is 0 Å². The number of furan rings is 1. The molecule has 0 radical (unpaired) electrons. The van der Waals surface area contributed by atoms with Gasteiger partial charge in [0.25, 0.3) is 0 Å². The second-order valence-electron chi connectivity index (χ2n) is 3.98. The summed E-state index contributed by atoms with van der Waals surface area (Å²) in [5.74, 6) is 0.617. The molecule has 17 heavy (non-hydrogen) atoms. The maximum Gasteiger partial charge on any atom is 0.373 e. The molecule has 1 aromatic rings. The minimum atomic E-state index is -0.431. The Balaban J connectivity index is 0.00000144. The van der Waals surface area contributed by atoms with Crippen LogP contribution in [-0.2, 0) is 11.3 Å². The van der Waals surface area contributed by atoms with Crippen molar-refractivity contribution in [3.63, 3.8) is 0 Å². The highest BCUT2D eigenvalue weighted by molar-refractivity contribution is 5.86. The molecule has 0 bridgehead atoms. The van der Waals surface area contributed by atoms with Gasteiger partial charge < -0.3 is 14.5 Å². The Morgan fingerprint density at radius 2 is 2.29 bits per heavy atom. The molecule has 0 spiro atoms. The van der Waals surface area contributed by atoms with Gasteiger partial charge in [0, 0.05) is 19.1 Å². The molecule has 0 atom stereocenters. The van der Waals surface area contributed by atoms with E-state index >= 15 is 0 Å². The molecular formula is C11H17ClN2O3. The molecule has 0 amide bonds. The average Bonchev–Trinajstić information content (AvgIpc) is 2.62. The molecule has 1 aromatic heterocycles. The van der Waals surface area contributed by atoms with Crippen LogP contribution in [0.4, 0.5) is 0 Å². The highest BCUT2D eigenvalue weighted by Crippen LogP contribution is 2.13. The number of ether oxygens (including phenoxy) is 1. The number of methoxy groups -OCH3 is 1. The number of carbonyl (C=O) groups excluding carboxylic acids is 1. The van der Waals surface area contributed by atoms with E-state index in [1.54, 1.807) is 6.07 Å². The summed E-state index contributed by atoms with van der Waals surface area (Å²) in [6, 6.07) is 4.02. The molecular weight excluding hydrogens is 244 g/mol. The van der Waals surface area contributed by atoms with Gasteiger partial charge in [-0.05, 0) is 19.2 Å². The van der Waals surface area contributed by atoms with Crippen molar-refractivity contribution in [2.45, 2.75) is 12.6 Å². The molecule has 0 unspecified atom stereocenters. The summed E-state index contributed by atoms with van der Waals surface area (Å²) in [6.07, 6.45) is 0. The summed E-state index contributed by atoms with van der Waals surface area (Å²) in [5.41, 5.74) is 0. The molecule has 5 nitrogen and oxygen atoms in total. The van der Waals surface area contributed by atoms with Crippen molar-refractivity contribution in [1.29, 1.82) is 0 Å². The van der Waals surface area contributed by atoms with E-state index in [9.17, 15) is 4.79 Å². The SMILES string of the molecule is COC(=O)c1ccc(CN(C)C2CNC2)o1.Cl. The lowest BCUT2D eigenvalue weighted by Crippen LogP contribution is -2.55. The Labute approximate surface area is 107 Å². The predicted molar refractivity (Wildman–Crippen MR) is 65.4 cm³/mol. The molecule has 1 saturated heterocycles. The van der Waals surface area contributed by atoms with E-state index in [4.69, 9.17) is 4.42 Å². The predicted octanol–water partition coefficient (Wildman–Crippen LogP) is 0.892. The summed E-state index contributed by atoms with van der Waals surface area (Å²) in [4.78, 5) is 13.4. The Bertz CT molecular complexity index is 377. The molecule has 0 saturated carbocycles. The van der Waals surface area contributed by atoms with Gasteiger partial charge in [0.2, 0.25) is 5.76 Å². The number of hydrogen-bond donors (Lipinski definition) is 1. The fourth-order valence-corrected chi connectivity index (χ4v) is 1.63. The van der Waals surface area contributed by atoms with Crippen LogP contribution in [0.3, 0.4) is 0 Å². The number of nitrogens with zero attached hydrogens (tertiary/aromatic N) is 1. The van der Waals surface area contributed by atoms with E-state index < -0.39 is 5.97 Å². The van der Waals surface area contributed by atoms with Crippen LogP contribution >= 0.6 is 12.4 Å². The summed E-state index contributed by atoms with van der Waals surface area (Å²) in [7, 11) is 3.39. The zero-order valence-electron chi connectivity index (χ0n) is 9.93. The van der Waals surface area contributed by atoms with Crippen LogP contribution in [0.15, 0.2) is 16.5 Å². The van der Waals surface area contributed by atoms with Crippen LogP contribution in [0.25, 0.3) is 0 Å². The fourth-order valence-electron chi connectivity index (χ4n) is 1.63. The standard InChI is InChI=1S/C11H16N2O3.ClH/c1-13(8-5-12-6-8)7-9-3-4-10(16-9)11(14)15-2;/h3-4,8,12H,5-7H2,1-2H3;1H. The number of rotatable bonds is 4. The van der Waals surface area contributed by atoms with E-state index in [0.717, 1.165) is 18.8 Å². The Morgan fingerprint density at radius 3 is 2.82 bits per heavy atom. The van der Waals surface area contributed by atoms with Gasteiger partial charge in [-0.15, -0.1) is 12.4 Å². The third-order valence-electron chi connectivity index (χ3n) is 2.84. The van der Waals surface area contributed by atoms with Crippen LogP contribution < -0.4 is 5.32 Å². The smallest absolute Gasteiger partial charge is 0.373 e. The highest BCUT2D eigenvalue weighted by atomic mass is 35.5. The Morgan fingerprint density at radius 1 is 1.59 bits per heavy atom. The summed E-state index contributed by atoms with van der Waals surface area (Å²) < 4.78 is 9.97. The minimum absolute atomic E-state index is 0. The quantitative estimate of drug-likeness (QED) is 0.815. The molecule has 0 aromatic carbocycles. The van der Waals surface area contributed by atoms with Gasteiger partial charge in [0.1, 0.15) is 5.76 Å². The van der Waals surface area contributed by atoms with Crippen molar-refractivity contribution >= 4 is 18.4 Å². The molecule has 1 aliphatic heterocycles. The van der Waals surface area contributed by atoms with E-state index in [2.05, 4.69) is 15.0 Å². The first-order chi connectivity index (χ1) is 7.70. The van der Waals surface area contributed by atoms with Gasteiger partial charge in [-0.2, -0.15) is 0 Å². The summed E-state index contributed by atoms with van der Waals surface area (Å²) >= 11 is 0. The molecule has 1 fully saturated rings. The van der Waals surface area contributed by atoms with Crippen LogP contribution in [0, 0.1) is 0 Å². The van der Waals surface area contributed by atoms with E-state index in [-0.39, 0.29) is 18.2 Å². The number of carbonyl (C=O) groups is 1.